The molecule has 3 aromatic rings. The Morgan fingerprint density at radius 2 is 1.84 bits per heavy atom. The van der Waals surface area contributed by atoms with Crippen molar-refractivity contribution in [2.75, 3.05) is 50.8 Å². The Hall–Kier alpha value is -3.06. The van der Waals surface area contributed by atoms with Gasteiger partial charge in [-0.05, 0) is 56.2 Å². The van der Waals surface area contributed by atoms with Crippen LogP contribution in [0.25, 0.3) is 10.2 Å². The van der Waals surface area contributed by atoms with Gasteiger partial charge in [0.2, 0.25) is 10.0 Å². The molecule has 5 rings (SSSR count). The average molecular weight is 559 g/mol. The van der Waals surface area contributed by atoms with Gasteiger partial charge in [0.1, 0.15) is 0 Å². The monoisotopic (exact) mass is 558 g/mol. The van der Waals surface area contributed by atoms with Crippen LogP contribution in [0.1, 0.15) is 30.1 Å². The highest BCUT2D eigenvalue weighted by Gasteiger charge is 2.31. The highest BCUT2D eigenvalue weighted by atomic mass is 32.2. The maximum absolute atomic E-state index is 13.7. The van der Waals surface area contributed by atoms with E-state index in [0.717, 1.165) is 23.1 Å². The summed E-state index contributed by atoms with van der Waals surface area (Å²) in [7, 11) is -3.77. The van der Waals surface area contributed by atoms with E-state index < -0.39 is 16.1 Å². The van der Waals surface area contributed by atoms with Crippen LogP contribution in [0, 0.1) is 0 Å². The van der Waals surface area contributed by atoms with Gasteiger partial charge in [0, 0.05) is 38.3 Å². The highest BCUT2D eigenvalue weighted by Crippen LogP contribution is 2.31. The first-order valence-corrected chi connectivity index (χ1v) is 14.9. The number of thiazole rings is 1. The van der Waals surface area contributed by atoms with Gasteiger partial charge in [0.15, 0.2) is 5.13 Å². The Labute approximate surface area is 225 Å². The first-order valence-electron chi connectivity index (χ1n) is 12.7. The number of carbonyl (C=O) groups is 2. The van der Waals surface area contributed by atoms with E-state index in [1.807, 2.05) is 24.3 Å². The summed E-state index contributed by atoms with van der Waals surface area (Å²) in [4.78, 5) is 33.5. The molecule has 2 amide bonds. The van der Waals surface area contributed by atoms with Crippen LogP contribution < -0.4 is 4.90 Å². The van der Waals surface area contributed by atoms with Crippen LogP contribution in [-0.4, -0.2) is 86.6 Å². The second-order valence-electron chi connectivity index (χ2n) is 9.13. The molecule has 0 aliphatic carbocycles. The van der Waals surface area contributed by atoms with Crippen molar-refractivity contribution in [2.24, 2.45) is 0 Å². The quantitative estimate of drug-likeness (QED) is 0.436. The molecule has 0 saturated carbocycles. The Bertz CT molecular complexity index is 1360. The lowest BCUT2D eigenvalue weighted by molar-refractivity contribution is 0.0916. The second-order valence-corrected chi connectivity index (χ2v) is 12.1. The third kappa shape index (κ3) is 5.53. The van der Waals surface area contributed by atoms with Gasteiger partial charge in [-0.15, -0.1) is 0 Å². The number of aromatic nitrogens is 1. The molecule has 2 aliphatic heterocycles. The second kappa shape index (κ2) is 11.4. The predicted octanol–water partition coefficient (Wildman–Crippen LogP) is 3.58. The van der Waals surface area contributed by atoms with Crippen molar-refractivity contribution in [2.45, 2.75) is 30.8 Å². The molecule has 0 spiro atoms. The summed E-state index contributed by atoms with van der Waals surface area (Å²) in [5.41, 5.74) is 1.19. The van der Waals surface area contributed by atoms with Crippen LogP contribution in [0.5, 0.6) is 0 Å². The van der Waals surface area contributed by atoms with Crippen LogP contribution in [0.15, 0.2) is 53.4 Å². The van der Waals surface area contributed by atoms with Gasteiger partial charge in [-0.25, -0.2) is 18.2 Å². The van der Waals surface area contributed by atoms with Gasteiger partial charge in [0.05, 0.1) is 34.4 Å². The topological polar surface area (TPSA) is 109 Å². The standard InChI is InChI=1S/C26H30N4O6S2/c1-2-35-26(32)28-13-15-29(16-14-28)38(33,34)21-11-9-19(10-12-21)24(31)30(18-20-6-5-17-36-20)25-27-22-7-3-4-8-23(22)37-25/h3-4,7-12,20H,2,5-6,13-18H2,1H3. The number of benzene rings is 2. The SMILES string of the molecule is CCOC(=O)N1CCN(S(=O)(=O)c2ccc(C(=O)N(CC3CCCO3)c3nc4ccccc4s3)cc2)CC1. The fourth-order valence-corrected chi connectivity index (χ4v) is 7.01. The van der Waals surface area contributed by atoms with Crippen molar-refractivity contribution in [3.63, 3.8) is 0 Å². The molecule has 2 aliphatic rings. The number of amides is 2. The summed E-state index contributed by atoms with van der Waals surface area (Å²) in [6, 6.07) is 13.7. The maximum atomic E-state index is 13.7. The molecule has 2 aromatic carbocycles. The van der Waals surface area contributed by atoms with Crippen molar-refractivity contribution in [3.05, 3.63) is 54.1 Å². The number of rotatable bonds is 7. The smallest absolute Gasteiger partial charge is 0.409 e. The molecule has 2 saturated heterocycles. The normalized spacial score (nSPS) is 18.6. The Balaban J connectivity index is 1.33. The molecule has 1 aromatic heterocycles. The fourth-order valence-electron chi connectivity index (χ4n) is 4.62. The minimum Gasteiger partial charge on any atom is -0.450 e. The lowest BCUT2D eigenvalue weighted by Gasteiger charge is -2.33. The summed E-state index contributed by atoms with van der Waals surface area (Å²) >= 11 is 1.44. The van der Waals surface area contributed by atoms with E-state index in [-0.39, 0.29) is 49.7 Å². The maximum Gasteiger partial charge on any atom is 0.409 e. The molecule has 38 heavy (non-hydrogen) atoms. The van der Waals surface area contributed by atoms with E-state index in [2.05, 4.69) is 4.98 Å². The molecule has 0 bridgehead atoms. The predicted molar refractivity (Wildman–Crippen MR) is 144 cm³/mol. The van der Waals surface area contributed by atoms with E-state index in [9.17, 15) is 18.0 Å². The molecule has 0 radical (unpaired) electrons. The number of piperazine rings is 1. The zero-order valence-corrected chi connectivity index (χ0v) is 22.7. The molecule has 202 valence electrons. The van der Waals surface area contributed by atoms with Crippen molar-refractivity contribution in [1.82, 2.24) is 14.2 Å². The Morgan fingerprint density at radius 3 is 2.50 bits per heavy atom. The lowest BCUT2D eigenvalue weighted by atomic mass is 10.2. The average Bonchev–Trinajstić information content (AvgIpc) is 3.61. The van der Waals surface area contributed by atoms with Gasteiger partial charge in [0.25, 0.3) is 5.91 Å². The Morgan fingerprint density at radius 1 is 1.11 bits per heavy atom. The third-order valence-corrected chi connectivity index (χ3v) is 9.64. The van der Waals surface area contributed by atoms with E-state index in [4.69, 9.17) is 9.47 Å². The van der Waals surface area contributed by atoms with E-state index >= 15 is 0 Å². The lowest BCUT2D eigenvalue weighted by Crippen LogP contribution is -2.50. The molecule has 10 nitrogen and oxygen atoms in total. The molecule has 12 heteroatoms. The molecular weight excluding hydrogens is 528 g/mol. The van der Waals surface area contributed by atoms with Crippen LogP contribution in [0.2, 0.25) is 0 Å². The van der Waals surface area contributed by atoms with Crippen molar-refractivity contribution in [1.29, 1.82) is 0 Å². The number of ether oxygens (including phenoxy) is 2. The van der Waals surface area contributed by atoms with Crippen LogP contribution in [0.4, 0.5) is 9.93 Å². The van der Waals surface area contributed by atoms with Crippen LogP contribution in [0.3, 0.4) is 0 Å². The zero-order chi connectivity index (χ0) is 26.7. The molecule has 1 atom stereocenters. The summed E-state index contributed by atoms with van der Waals surface area (Å²) in [5, 5.41) is 0.586. The molecule has 2 fully saturated rings. The van der Waals surface area contributed by atoms with E-state index in [0.29, 0.717) is 23.8 Å². The fraction of sp³-hybridized carbons (Fsp3) is 0.423. The van der Waals surface area contributed by atoms with Gasteiger partial charge in [-0.1, -0.05) is 23.5 Å². The molecule has 1 unspecified atom stereocenters. The number of hydrogen-bond acceptors (Lipinski definition) is 8. The Kier molecular flexibility index (Phi) is 7.93. The molecule has 0 N–H and O–H groups in total. The van der Waals surface area contributed by atoms with Crippen molar-refractivity contribution in [3.8, 4) is 0 Å². The summed E-state index contributed by atoms with van der Waals surface area (Å²) in [5.74, 6) is -0.258. The van der Waals surface area contributed by atoms with Gasteiger partial charge in [-0.3, -0.25) is 9.69 Å². The minimum atomic E-state index is -3.77. The number of sulfonamides is 1. The van der Waals surface area contributed by atoms with Gasteiger partial charge in [-0.2, -0.15) is 4.31 Å². The number of hydrogen-bond donors (Lipinski definition) is 0. The van der Waals surface area contributed by atoms with Crippen LogP contribution >= 0.6 is 11.3 Å². The molecular formula is C26H30N4O6S2. The number of carbonyl (C=O) groups excluding carboxylic acids is 2. The largest absolute Gasteiger partial charge is 0.450 e. The van der Waals surface area contributed by atoms with Crippen molar-refractivity contribution < 1.29 is 27.5 Å². The van der Waals surface area contributed by atoms with Crippen LogP contribution in [-0.2, 0) is 19.5 Å². The van der Waals surface area contributed by atoms with E-state index in [1.54, 1.807) is 24.0 Å². The summed E-state index contributed by atoms with van der Waals surface area (Å²) < 4.78 is 39.6. The van der Waals surface area contributed by atoms with Gasteiger partial charge < -0.3 is 14.4 Å². The number of para-hydroxylation sites is 1. The first-order chi connectivity index (χ1) is 18.4. The zero-order valence-electron chi connectivity index (χ0n) is 21.1. The molecule has 3 heterocycles. The number of nitrogens with zero attached hydrogens (tertiary/aromatic N) is 4. The summed E-state index contributed by atoms with van der Waals surface area (Å²) in [6.07, 6.45) is 1.31. The number of fused-ring (bicyclic) bond motifs is 1. The summed E-state index contributed by atoms with van der Waals surface area (Å²) in [6.45, 7) is 3.92. The van der Waals surface area contributed by atoms with E-state index in [1.165, 1.54) is 32.7 Å². The third-order valence-electron chi connectivity index (χ3n) is 6.67. The van der Waals surface area contributed by atoms with Crippen molar-refractivity contribution >= 4 is 48.7 Å². The van der Waals surface area contributed by atoms with Gasteiger partial charge >= 0.3 is 6.09 Å². The highest BCUT2D eigenvalue weighted by molar-refractivity contribution is 7.89. The number of anilines is 1. The first kappa shape index (κ1) is 26.5. The minimum absolute atomic E-state index is 0.0705.